The van der Waals surface area contributed by atoms with Crippen LogP contribution in [0.2, 0.25) is 5.02 Å². The summed E-state index contributed by atoms with van der Waals surface area (Å²) in [5, 5.41) is 14.0. The molecule has 0 saturated heterocycles. The van der Waals surface area contributed by atoms with Crippen LogP contribution in [0.4, 0.5) is 0 Å². The summed E-state index contributed by atoms with van der Waals surface area (Å²) in [6.45, 7) is 21.3. The summed E-state index contributed by atoms with van der Waals surface area (Å²) in [4.78, 5) is 39.1. The lowest BCUT2D eigenvalue weighted by atomic mass is 9.33. The van der Waals surface area contributed by atoms with E-state index in [4.69, 9.17) is 21.1 Å². The Morgan fingerprint density at radius 3 is 2.25 bits per heavy atom. The summed E-state index contributed by atoms with van der Waals surface area (Å²) >= 11 is 6.15. The average Bonchev–Trinajstić information content (AvgIpc) is 3.38. The minimum atomic E-state index is -1.16. The van der Waals surface area contributed by atoms with Crippen molar-refractivity contribution in [2.45, 2.75) is 145 Å². The molecule has 5 aliphatic carbocycles. The number of Topliss-reactive ketones (excluding diaryl/α,β-unsaturated/α-hetero) is 1. The van der Waals surface area contributed by atoms with Gasteiger partial charge in [0.25, 0.3) is 0 Å². The number of halogens is 1. The third-order valence-corrected chi connectivity index (χ3v) is 16.6. The molecule has 9 atom stereocenters. The van der Waals surface area contributed by atoms with Crippen molar-refractivity contribution in [3.8, 4) is 0 Å². The minimum absolute atomic E-state index is 0.0401. The molecule has 0 aromatic heterocycles. The molecule has 53 heavy (non-hydrogen) atoms. The molecule has 0 radical (unpaired) electrons. The van der Waals surface area contributed by atoms with Gasteiger partial charge in [-0.3, -0.25) is 14.4 Å². The normalized spacial score (nSPS) is 37.0. The first kappa shape index (κ1) is 40.4. The predicted octanol–water partition coefficient (Wildman–Crippen LogP) is 9.84. The highest BCUT2D eigenvalue weighted by atomic mass is 35.5. The van der Waals surface area contributed by atoms with E-state index in [-0.39, 0.29) is 51.6 Å². The first-order valence-electron chi connectivity index (χ1n) is 20.4. The van der Waals surface area contributed by atoms with Crippen molar-refractivity contribution in [2.24, 2.45) is 56.2 Å². The molecule has 7 nitrogen and oxygen atoms in total. The molecule has 0 aliphatic heterocycles. The molecule has 2 N–H and O–H groups in total. The van der Waals surface area contributed by atoms with Gasteiger partial charge >= 0.3 is 11.9 Å². The zero-order valence-corrected chi connectivity index (χ0v) is 34.9. The Hall–Kier alpha value is -2.22. The largest absolute Gasteiger partial charge is 0.481 e. The van der Waals surface area contributed by atoms with Crippen molar-refractivity contribution in [3.63, 3.8) is 0 Å². The molecule has 0 heterocycles. The maximum Gasteiger partial charge on any atom is 0.309 e. The number of carboxylic acid groups (broad SMARTS) is 1. The van der Waals surface area contributed by atoms with E-state index >= 15 is 0 Å². The standard InChI is InChI=1S/C45H66ClNO6/c1-27(2)37-31(48)23-45(35(52-10)26-47-25-28-11-13-29(46)14-12-28)22-21-43(8)30(38(37)45)15-16-33-42(7)19-18-34(53-36(49)24-40(3,4)39(50)51)41(5,6)32(42)17-20-44(33,43)9/h11-14,27,30,32-35,47H,15-26H2,1-10H3,(H,50,51)/t30-,32+,33-,34+,35-,42+,43-,44-,45+/m1/s1. The van der Waals surface area contributed by atoms with Gasteiger partial charge in [-0.15, -0.1) is 0 Å². The van der Waals surface area contributed by atoms with E-state index in [1.54, 1.807) is 13.8 Å². The van der Waals surface area contributed by atoms with E-state index in [9.17, 15) is 19.5 Å². The highest BCUT2D eigenvalue weighted by Crippen LogP contribution is 2.77. The van der Waals surface area contributed by atoms with Gasteiger partial charge in [0.15, 0.2) is 5.78 Å². The van der Waals surface area contributed by atoms with E-state index in [0.717, 1.165) is 62.0 Å². The number of ketones is 1. The van der Waals surface area contributed by atoms with Gasteiger partial charge in [0, 0.05) is 42.5 Å². The molecule has 294 valence electrons. The second-order valence-electron chi connectivity index (χ2n) is 20.0. The van der Waals surface area contributed by atoms with Crippen LogP contribution < -0.4 is 5.32 Å². The lowest BCUT2D eigenvalue weighted by molar-refractivity contribution is -0.235. The monoisotopic (exact) mass is 751 g/mol. The first-order chi connectivity index (χ1) is 24.7. The fourth-order valence-electron chi connectivity index (χ4n) is 13.4. The van der Waals surface area contributed by atoms with Crippen LogP contribution in [0.5, 0.6) is 0 Å². The van der Waals surface area contributed by atoms with Crippen LogP contribution in [0.1, 0.15) is 132 Å². The number of hydrogen-bond acceptors (Lipinski definition) is 6. The molecule has 1 aromatic rings. The van der Waals surface area contributed by atoms with Crippen LogP contribution in [0.25, 0.3) is 0 Å². The van der Waals surface area contributed by atoms with Crippen LogP contribution in [0.3, 0.4) is 0 Å². The number of fused-ring (bicyclic) bond motifs is 7. The van der Waals surface area contributed by atoms with Crippen molar-refractivity contribution >= 4 is 29.3 Å². The molecule has 1 aromatic carbocycles. The zero-order chi connectivity index (χ0) is 38.9. The Labute approximate surface area is 323 Å². The molecule has 6 rings (SSSR count). The highest BCUT2D eigenvalue weighted by Gasteiger charge is 2.71. The van der Waals surface area contributed by atoms with Gasteiger partial charge in [-0.2, -0.15) is 0 Å². The summed E-state index contributed by atoms with van der Waals surface area (Å²) in [6, 6.07) is 7.97. The van der Waals surface area contributed by atoms with Crippen LogP contribution in [0, 0.1) is 56.2 Å². The van der Waals surface area contributed by atoms with Gasteiger partial charge in [-0.25, -0.2) is 0 Å². The number of allylic oxidation sites excluding steroid dienone is 1. The molecule has 4 saturated carbocycles. The second kappa shape index (κ2) is 14.1. The van der Waals surface area contributed by atoms with Crippen molar-refractivity contribution in [1.82, 2.24) is 5.32 Å². The van der Waals surface area contributed by atoms with E-state index in [0.29, 0.717) is 43.0 Å². The van der Waals surface area contributed by atoms with E-state index in [2.05, 4.69) is 65.9 Å². The third kappa shape index (κ3) is 6.45. The predicted molar refractivity (Wildman–Crippen MR) is 209 cm³/mol. The SMILES string of the molecule is CO[C@H](CNCc1ccc(Cl)cc1)[C@@]12CC[C@]3(C)[C@H](CC[C@@H]4[C@@]5(C)CC[C@H](OC(=O)CC(C)(C)C(=O)O)C(C)(C)[C@@H]5CC[C@]43C)C1=C(C(C)C)C(=O)C2. The van der Waals surface area contributed by atoms with Gasteiger partial charge in [0.05, 0.1) is 17.9 Å². The van der Waals surface area contributed by atoms with E-state index in [1.165, 1.54) is 11.1 Å². The number of benzene rings is 1. The Morgan fingerprint density at radius 2 is 1.62 bits per heavy atom. The lowest BCUT2D eigenvalue weighted by Crippen LogP contribution is -2.66. The Bertz CT molecular complexity index is 1630. The number of carbonyl (C=O) groups excluding carboxylic acids is 2. The number of methoxy groups -OCH3 is 1. The van der Waals surface area contributed by atoms with Crippen LogP contribution in [0.15, 0.2) is 35.4 Å². The summed E-state index contributed by atoms with van der Waals surface area (Å²) < 4.78 is 12.6. The summed E-state index contributed by atoms with van der Waals surface area (Å²) in [6.07, 6.45) is 8.30. The summed E-state index contributed by atoms with van der Waals surface area (Å²) in [7, 11) is 1.83. The van der Waals surface area contributed by atoms with Gasteiger partial charge in [-0.05, 0) is 128 Å². The Kier molecular flexibility index (Phi) is 10.7. The van der Waals surface area contributed by atoms with Crippen molar-refractivity contribution in [1.29, 1.82) is 0 Å². The summed E-state index contributed by atoms with van der Waals surface area (Å²) in [5.74, 6) is 0.332. The third-order valence-electron chi connectivity index (χ3n) is 16.3. The number of carboxylic acids is 1. The molecule has 0 amide bonds. The average molecular weight is 752 g/mol. The van der Waals surface area contributed by atoms with Crippen molar-refractivity contribution in [2.75, 3.05) is 13.7 Å². The maximum absolute atomic E-state index is 14.2. The molecule has 4 fully saturated rings. The highest BCUT2D eigenvalue weighted by molar-refractivity contribution is 6.30. The minimum Gasteiger partial charge on any atom is -0.481 e. The van der Waals surface area contributed by atoms with Crippen molar-refractivity contribution in [3.05, 3.63) is 46.0 Å². The van der Waals surface area contributed by atoms with Crippen LogP contribution in [-0.4, -0.2) is 48.7 Å². The topological polar surface area (TPSA) is 102 Å². The van der Waals surface area contributed by atoms with Crippen LogP contribution in [-0.2, 0) is 30.4 Å². The summed E-state index contributed by atoms with van der Waals surface area (Å²) in [5.41, 5.74) is 2.21. The molecule has 0 spiro atoms. The first-order valence-corrected chi connectivity index (χ1v) is 20.7. The smallest absolute Gasteiger partial charge is 0.309 e. The molecule has 0 bridgehead atoms. The number of hydrogen-bond donors (Lipinski definition) is 2. The van der Waals surface area contributed by atoms with Gasteiger partial charge in [0.2, 0.25) is 0 Å². The van der Waals surface area contributed by atoms with Gasteiger partial charge < -0.3 is 19.9 Å². The maximum atomic E-state index is 14.2. The number of ether oxygens (including phenoxy) is 2. The molecule has 8 heteroatoms. The number of esters is 1. The van der Waals surface area contributed by atoms with Crippen molar-refractivity contribution < 1.29 is 29.0 Å². The Morgan fingerprint density at radius 1 is 0.943 bits per heavy atom. The molecular formula is C45H66ClNO6. The number of nitrogens with one attached hydrogen (secondary N) is 1. The van der Waals surface area contributed by atoms with Gasteiger partial charge in [0.1, 0.15) is 6.10 Å². The zero-order valence-electron chi connectivity index (χ0n) is 34.1. The second-order valence-corrected chi connectivity index (χ2v) is 20.5. The molecular weight excluding hydrogens is 686 g/mol. The Balaban J connectivity index is 1.27. The van der Waals surface area contributed by atoms with E-state index in [1.807, 2.05) is 19.2 Å². The fraction of sp³-hybridized carbons (Fsp3) is 0.756. The van der Waals surface area contributed by atoms with Crippen LogP contribution >= 0.6 is 11.6 Å². The quantitative estimate of drug-likeness (QED) is 0.217. The molecule has 5 aliphatic rings. The lowest BCUT2D eigenvalue weighted by Gasteiger charge is -2.72. The van der Waals surface area contributed by atoms with E-state index < -0.39 is 17.4 Å². The number of carbonyl (C=O) groups is 3. The number of aliphatic carboxylic acids is 1. The molecule has 0 unspecified atom stereocenters. The number of rotatable bonds is 11. The fourth-order valence-corrected chi connectivity index (χ4v) is 13.5. The van der Waals surface area contributed by atoms with Gasteiger partial charge in [-0.1, -0.05) is 77.8 Å².